The first kappa shape index (κ1) is 12.4. The minimum atomic E-state index is 0.667. The first-order chi connectivity index (χ1) is 9.81. The van der Waals surface area contributed by atoms with E-state index in [0.717, 1.165) is 18.7 Å². The summed E-state index contributed by atoms with van der Waals surface area (Å²) in [4.78, 5) is 2.61. The van der Waals surface area contributed by atoms with E-state index in [1.165, 1.54) is 30.5 Å². The van der Waals surface area contributed by atoms with Gasteiger partial charge in [0, 0.05) is 11.9 Å². The lowest BCUT2D eigenvalue weighted by Gasteiger charge is -2.44. The van der Waals surface area contributed by atoms with Crippen molar-refractivity contribution < 1.29 is 4.74 Å². The molecule has 4 rings (SSSR count). The van der Waals surface area contributed by atoms with Gasteiger partial charge in [0.1, 0.15) is 0 Å². The SMILES string of the molecule is C[C@@H]1CN(C2COC2)CC[C@@H]1c1ccc2cn[nH]c2c1. The van der Waals surface area contributed by atoms with Crippen LogP contribution in [0.5, 0.6) is 0 Å². The molecule has 20 heavy (non-hydrogen) atoms. The molecule has 0 aliphatic carbocycles. The van der Waals surface area contributed by atoms with Gasteiger partial charge < -0.3 is 4.74 Å². The van der Waals surface area contributed by atoms with Gasteiger partial charge in [-0.15, -0.1) is 0 Å². The fraction of sp³-hybridized carbons (Fsp3) is 0.562. The topological polar surface area (TPSA) is 41.1 Å². The Bertz CT molecular complexity index is 605. The zero-order chi connectivity index (χ0) is 13.5. The third-order valence-corrected chi connectivity index (χ3v) is 4.97. The second kappa shape index (κ2) is 4.86. The maximum absolute atomic E-state index is 5.32. The van der Waals surface area contributed by atoms with Gasteiger partial charge in [-0.1, -0.05) is 19.1 Å². The highest BCUT2D eigenvalue weighted by molar-refractivity contribution is 5.78. The Morgan fingerprint density at radius 3 is 3.00 bits per heavy atom. The number of aromatic nitrogens is 2. The summed E-state index contributed by atoms with van der Waals surface area (Å²) in [5, 5.41) is 8.40. The molecule has 2 saturated heterocycles. The van der Waals surface area contributed by atoms with Crippen molar-refractivity contribution >= 4 is 10.9 Å². The number of likely N-dealkylation sites (tertiary alicyclic amines) is 1. The maximum atomic E-state index is 5.32. The monoisotopic (exact) mass is 271 g/mol. The molecule has 1 aromatic heterocycles. The summed E-state index contributed by atoms with van der Waals surface area (Å²) in [6.45, 7) is 6.63. The number of nitrogens with one attached hydrogen (secondary N) is 1. The van der Waals surface area contributed by atoms with Gasteiger partial charge in [0.25, 0.3) is 0 Å². The minimum absolute atomic E-state index is 0.667. The van der Waals surface area contributed by atoms with Crippen molar-refractivity contribution in [1.82, 2.24) is 15.1 Å². The van der Waals surface area contributed by atoms with E-state index in [2.05, 4.69) is 40.2 Å². The van der Waals surface area contributed by atoms with Crippen molar-refractivity contribution in [3.8, 4) is 0 Å². The molecule has 0 bridgehead atoms. The number of H-pyrrole nitrogens is 1. The molecule has 2 aliphatic heterocycles. The van der Waals surface area contributed by atoms with E-state index in [0.29, 0.717) is 17.9 Å². The molecule has 2 fully saturated rings. The van der Waals surface area contributed by atoms with E-state index in [1.54, 1.807) is 0 Å². The summed E-state index contributed by atoms with van der Waals surface area (Å²) < 4.78 is 5.32. The average Bonchev–Trinajstić information content (AvgIpc) is 2.84. The van der Waals surface area contributed by atoms with Crippen LogP contribution in [0, 0.1) is 5.92 Å². The Balaban J connectivity index is 1.53. The van der Waals surface area contributed by atoms with Gasteiger partial charge in [-0.3, -0.25) is 10.00 Å². The van der Waals surface area contributed by atoms with Gasteiger partial charge in [0.05, 0.1) is 31.0 Å². The van der Waals surface area contributed by atoms with Crippen molar-refractivity contribution in [2.75, 3.05) is 26.3 Å². The van der Waals surface area contributed by atoms with E-state index >= 15 is 0 Å². The number of hydrogen-bond acceptors (Lipinski definition) is 3. The van der Waals surface area contributed by atoms with Crippen LogP contribution in [0.15, 0.2) is 24.4 Å². The number of rotatable bonds is 2. The predicted octanol–water partition coefficient (Wildman–Crippen LogP) is 2.39. The fourth-order valence-corrected chi connectivity index (χ4v) is 3.62. The zero-order valence-electron chi connectivity index (χ0n) is 11.9. The van der Waals surface area contributed by atoms with Crippen LogP contribution >= 0.6 is 0 Å². The molecular formula is C16H21N3O. The number of ether oxygens (including phenoxy) is 1. The number of benzene rings is 1. The highest BCUT2D eigenvalue weighted by atomic mass is 16.5. The summed E-state index contributed by atoms with van der Waals surface area (Å²) in [6, 6.07) is 7.42. The lowest BCUT2D eigenvalue weighted by Crippen LogP contribution is -2.53. The Morgan fingerprint density at radius 2 is 2.25 bits per heavy atom. The minimum Gasteiger partial charge on any atom is -0.378 e. The molecule has 4 heteroatoms. The normalized spacial score (nSPS) is 28.6. The summed E-state index contributed by atoms with van der Waals surface area (Å²) in [7, 11) is 0. The van der Waals surface area contributed by atoms with Gasteiger partial charge in [0.15, 0.2) is 0 Å². The molecule has 2 aliphatic rings. The van der Waals surface area contributed by atoms with E-state index in [1.807, 2.05) is 6.20 Å². The van der Waals surface area contributed by atoms with E-state index in [-0.39, 0.29) is 0 Å². The first-order valence-corrected chi connectivity index (χ1v) is 7.56. The van der Waals surface area contributed by atoms with Crippen molar-refractivity contribution in [3.63, 3.8) is 0 Å². The summed E-state index contributed by atoms with van der Waals surface area (Å²) in [5.74, 6) is 1.37. The number of nitrogens with zero attached hydrogens (tertiary/aromatic N) is 2. The lowest BCUT2D eigenvalue weighted by atomic mass is 9.81. The van der Waals surface area contributed by atoms with E-state index in [4.69, 9.17) is 4.74 Å². The van der Waals surface area contributed by atoms with Crippen LogP contribution in [0.4, 0.5) is 0 Å². The summed E-state index contributed by atoms with van der Waals surface area (Å²) >= 11 is 0. The fourth-order valence-electron chi connectivity index (χ4n) is 3.62. The van der Waals surface area contributed by atoms with Crippen LogP contribution in [0.1, 0.15) is 24.8 Å². The maximum Gasteiger partial charge on any atom is 0.0653 e. The number of hydrogen-bond donors (Lipinski definition) is 1. The predicted molar refractivity (Wildman–Crippen MR) is 78.8 cm³/mol. The Morgan fingerprint density at radius 1 is 1.35 bits per heavy atom. The van der Waals surface area contributed by atoms with Gasteiger partial charge in [-0.05, 0) is 36.4 Å². The quantitative estimate of drug-likeness (QED) is 0.912. The van der Waals surface area contributed by atoms with Gasteiger partial charge in [-0.25, -0.2) is 0 Å². The van der Waals surface area contributed by atoms with Crippen LogP contribution in [0.2, 0.25) is 0 Å². The number of aromatic amines is 1. The molecule has 1 aromatic carbocycles. The van der Waals surface area contributed by atoms with Crippen molar-refractivity contribution in [2.24, 2.45) is 5.92 Å². The zero-order valence-corrected chi connectivity index (χ0v) is 11.9. The van der Waals surface area contributed by atoms with Gasteiger partial charge in [-0.2, -0.15) is 5.10 Å². The highest BCUT2D eigenvalue weighted by Gasteiger charge is 2.33. The Hall–Kier alpha value is -1.39. The van der Waals surface area contributed by atoms with E-state index < -0.39 is 0 Å². The Kier molecular flexibility index (Phi) is 3.00. The highest BCUT2D eigenvalue weighted by Crippen LogP contribution is 2.35. The molecule has 0 amide bonds. The molecule has 2 aromatic rings. The van der Waals surface area contributed by atoms with Crippen LogP contribution < -0.4 is 0 Å². The largest absolute Gasteiger partial charge is 0.378 e. The van der Waals surface area contributed by atoms with Crippen LogP contribution in [-0.2, 0) is 4.74 Å². The molecule has 3 heterocycles. The molecule has 0 radical (unpaired) electrons. The second-order valence-corrected chi connectivity index (χ2v) is 6.28. The third kappa shape index (κ3) is 2.03. The number of piperidine rings is 1. The lowest BCUT2D eigenvalue weighted by molar-refractivity contribution is -0.0773. The smallest absolute Gasteiger partial charge is 0.0653 e. The standard InChI is InChI=1S/C16H21N3O/c1-11-8-19(14-9-20-10-14)5-4-15(11)12-2-3-13-7-17-18-16(13)6-12/h2-3,6-7,11,14-15H,4-5,8-10H2,1H3,(H,17,18)/t11-,15+/m1/s1. The average molecular weight is 271 g/mol. The second-order valence-electron chi connectivity index (χ2n) is 6.28. The molecule has 0 saturated carbocycles. The molecule has 1 N–H and O–H groups in total. The number of fused-ring (bicyclic) bond motifs is 1. The molecular weight excluding hydrogens is 250 g/mol. The van der Waals surface area contributed by atoms with Crippen LogP contribution in [-0.4, -0.2) is 47.4 Å². The summed E-state index contributed by atoms with van der Waals surface area (Å²) in [6.07, 6.45) is 3.14. The molecule has 4 nitrogen and oxygen atoms in total. The first-order valence-electron chi connectivity index (χ1n) is 7.56. The summed E-state index contributed by atoms with van der Waals surface area (Å²) in [5.41, 5.74) is 2.61. The molecule has 2 atom stereocenters. The molecule has 0 spiro atoms. The van der Waals surface area contributed by atoms with Crippen LogP contribution in [0.25, 0.3) is 10.9 Å². The van der Waals surface area contributed by atoms with Gasteiger partial charge >= 0.3 is 0 Å². The van der Waals surface area contributed by atoms with E-state index in [9.17, 15) is 0 Å². The molecule has 106 valence electrons. The van der Waals surface area contributed by atoms with Crippen molar-refractivity contribution in [1.29, 1.82) is 0 Å². The van der Waals surface area contributed by atoms with Crippen LogP contribution in [0.3, 0.4) is 0 Å². The Labute approximate surface area is 119 Å². The van der Waals surface area contributed by atoms with Crippen molar-refractivity contribution in [3.05, 3.63) is 30.0 Å². The van der Waals surface area contributed by atoms with Gasteiger partial charge in [0.2, 0.25) is 0 Å². The van der Waals surface area contributed by atoms with Crippen molar-refractivity contribution in [2.45, 2.75) is 25.3 Å². The molecule has 0 unspecified atom stereocenters. The third-order valence-electron chi connectivity index (χ3n) is 4.97.